The summed E-state index contributed by atoms with van der Waals surface area (Å²) in [5.74, 6) is 0.467. The first-order valence-corrected chi connectivity index (χ1v) is 8.40. The van der Waals surface area contributed by atoms with E-state index in [1.165, 1.54) is 0 Å². The van der Waals surface area contributed by atoms with Crippen LogP contribution in [0.15, 0.2) is 5.16 Å². The fraction of sp³-hybridized carbons (Fsp3) is 0.923. The van der Waals surface area contributed by atoms with E-state index in [4.69, 9.17) is 13.8 Å². The summed E-state index contributed by atoms with van der Waals surface area (Å²) in [7, 11) is -3.44. The first kappa shape index (κ1) is 19.2. The van der Waals surface area contributed by atoms with E-state index >= 15 is 0 Å². The standard InChI is InChI=1S/C13H27NO5S/c1-6-17-12(2)14-18-9-7-8-10-20(15,16)19-11-13(3,4)5/h6-11H2,1-5H3/b14-12+. The second-order valence-electron chi connectivity index (χ2n) is 5.67. The lowest BCUT2D eigenvalue weighted by Crippen LogP contribution is -2.20. The van der Waals surface area contributed by atoms with Crippen LogP contribution in [0.3, 0.4) is 0 Å². The summed E-state index contributed by atoms with van der Waals surface area (Å²) >= 11 is 0. The number of hydrogen-bond acceptors (Lipinski definition) is 6. The average Bonchev–Trinajstić information content (AvgIpc) is 2.31. The van der Waals surface area contributed by atoms with Crippen LogP contribution in [0.2, 0.25) is 0 Å². The van der Waals surface area contributed by atoms with Gasteiger partial charge in [0.05, 0.1) is 19.0 Å². The molecule has 0 amide bonds. The van der Waals surface area contributed by atoms with Gasteiger partial charge < -0.3 is 9.57 Å². The van der Waals surface area contributed by atoms with Gasteiger partial charge in [-0.3, -0.25) is 4.18 Å². The Labute approximate surface area is 122 Å². The molecule has 0 aliphatic rings. The number of hydrogen-bond donors (Lipinski definition) is 0. The van der Waals surface area contributed by atoms with Gasteiger partial charge in [0.15, 0.2) is 0 Å². The molecular weight excluding hydrogens is 282 g/mol. The molecule has 0 aromatic rings. The SMILES string of the molecule is CCO/C(C)=N/OCCCCS(=O)(=O)OCC(C)(C)C. The summed E-state index contributed by atoms with van der Waals surface area (Å²) in [6, 6.07) is 0. The first-order chi connectivity index (χ1) is 9.16. The molecule has 120 valence electrons. The van der Waals surface area contributed by atoms with Gasteiger partial charge in [-0.05, 0) is 25.2 Å². The largest absolute Gasteiger partial charge is 0.479 e. The van der Waals surface area contributed by atoms with Crippen molar-refractivity contribution >= 4 is 16.0 Å². The van der Waals surface area contributed by atoms with Crippen LogP contribution in [0, 0.1) is 5.41 Å². The zero-order valence-corrected chi connectivity index (χ0v) is 14.0. The van der Waals surface area contributed by atoms with E-state index in [1.807, 2.05) is 27.7 Å². The van der Waals surface area contributed by atoms with Crippen molar-refractivity contribution in [1.82, 2.24) is 0 Å². The Kier molecular flexibility index (Phi) is 8.80. The molecule has 0 spiro atoms. The molecule has 20 heavy (non-hydrogen) atoms. The van der Waals surface area contributed by atoms with Gasteiger partial charge in [0.2, 0.25) is 5.90 Å². The topological polar surface area (TPSA) is 74.2 Å². The third-order valence-electron chi connectivity index (χ3n) is 2.10. The lowest BCUT2D eigenvalue weighted by atomic mass is 9.99. The predicted octanol–water partition coefficient (Wildman–Crippen LogP) is 2.55. The quantitative estimate of drug-likeness (QED) is 0.215. The number of oxime groups is 1. The summed E-state index contributed by atoms with van der Waals surface area (Å²) in [6.07, 6.45) is 1.08. The molecule has 0 aromatic heterocycles. The number of unbranched alkanes of at least 4 members (excludes halogenated alkanes) is 1. The van der Waals surface area contributed by atoms with Crippen LogP contribution in [0.25, 0.3) is 0 Å². The van der Waals surface area contributed by atoms with Crippen LogP contribution in [0.1, 0.15) is 47.5 Å². The summed E-state index contributed by atoms with van der Waals surface area (Å²) in [6.45, 7) is 10.4. The molecule has 0 radical (unpaired) electrons. The Morgan fingerprint density at radius 1 is 1.20 bits per heavy atom. The van der Waals surface area contributed by atoms with E-state index in [0.717, 1.165) is 0 Å². The van der Waals surface area contributed by atoms with Gasteiger partial charge in [0.25, 0.3) is 10.1 Å². The highest BCUT2D eigenvalue weighted by atomic mass is 32.2. The smallest absolute Gasteiger partial charge is 0.267 e. The van der Waals surface area contributed by atoms with Crippen molar-refractivity contribution in [2.45, 2.75) is 47.5 Å². The van der Waals surface area contributed by atoms with Crippen molar-refractivity contribution in [1.29, 1.82) is 0 Å². The molecule has 6 nitrogen and oxygen atoms in total. The van der Waals surface area contributed by atoms with E-state index in [-0.39, 0.29) is 17.8 Å². The van der Waals surface area contributed by atoms with E-state index in [1.54, 1.807) is 6.92 Å². The molecule has 0 fully saturated rings. The number of nitrogens with zero attached hydrogens (tertiary/aromatic N) is 1. The number of rotatable bonds is 9. The zero-order valence-electron chi connectivity index (χ0n) is 13.1. The van der Waals surface area contributed by atoms with Crippen LogP contribution in [-0.2, 0) is 23.9 Å². The predicted molar refractivity (Wildman–Crippen MR) is 79.1 cm³/mol. The van der Waals surface area contributed by atoms with Gasteiger partial charge >= 0.3 is 0 Å². The molecule has 0 bridgehead atoms. The highest BCUT2D eigenvalue weighted by Gasteiger charge is 2.17. The van der Waals surface area contributed by atoms with Gasteiger partial charge in [-0.25, -0.2) is 0 Å². The van der Waals surface area contributed by atoms with Crippen LogP contribution in [0.5, 0.6) is 0 Å². The molecule has 0 atom stereocenters. The molecule has 0 saturated heterocycles. The number of ether oxygens (including phenoxy) is 1. The van der Waals surface area contributed by atoms with Gasteiger partial charge in [0.1, 0.15) is 6.61 Å². The van der Waals surface area contributed by atoms with Crippen molar-refractivity contribution in [2.24, 2.45) is 10.6 Å². The molecule has 0 aliphatic carbocycles. The molecule has 0 N–H and O–H groups in total. The van der Waals surface area contributed by atoms with Gasteiger partial charge in [-0.2, -0.15) is 8.42 Å². The maximum atomic E-state index is 11.6. The summed E-state index contributed by atoms with van der Waals surface area (Å²) in [4.78, 5) is 5.00. The molecule has 7 heteroatoms. The normalized spacial score (nSPS) is 13.3. The van der Waals surface area contributed by atoms with Crippen molar-refractivity contribution < 1.29 is 22.2 Å². The Morgan fingerprint density at radius 2 is 1.85 bits per heavy atom. The Bertz CT molecular complexity index is 384. The Hall–Kier alpha value is -0.820. The lowest BCUT2D eigenvalue weighted by molar-refractivity contribution is 0.129. The zero-order chi connectivity index (χ0) is 15.6. The molecule has 0 unspecified atom stereocenters. The van der Waals surface area contributed by atoms with Crippen LogP contribution in [0.4, 0.5) is 0 Å². The third kappa shape index (κ3) is 12.2. The molecule has 0 heterocycles. The van der Waals surface area contributed by atoms with E-state index in [9.17, 15) is 8.42 Å². The molecular formula is C13H27NO5S. The minimum absolute atomic E-state index is 0.000592. The van der Waals surface area contributed by atoms with Gasteiger partial charge in [0, 0.05) is 6.92 Å². The van der Waals surface area contributed by atoms with Crippen LogP contribution >= 0.6 is 0 Å². The monoisotopic (exact) mass is 309 g/mol. The first-order valence-electron chi connectivity index (χ1n) is 6.83. The van der Waals surface area contributed by atoms with Crippen LogP contribution in [-0.4, -0.2) is 39.9 Å². The van der Waals surface area contributed by atoms with Crippen molar-refractivity contribution in [2.75, 3.05) is 25.6 Å². The Balaban J connectivity index is 3.76. The minimum atomic E-state index is -3.44. The molecule has 0 aliphatic heterocycles. The van der Waals surface area contributed by atoms with Gasteiger partial charge in [-0.1, -0.05) is 25.9 Å². The minimum Gasteiger partial charge on any atom is -0.479 e. The maximum Gasteiger partial charge on any atom is 0.267 e. The molecule has 0 rings (SSSR count). The second-order valence-corrected chi connectivity index (χ2v) is 7.43. The lowest BCUT2D eigenvalue weighted by Gasteiger charge is -2.17. The average molecular weight is 309 g/mol. The second kappa shape index (κ2) is 9.18. The van der Waals surface area contributed by atoms with Crippen molar-refractivity contribution in [3.05, 3.63) is 0 Å². The summed E-state index contributed by atoms with van der Waals surface area (Å²) < 4.78 is 33.2. The van der Waals surface area contributed by atoms with Crippen molar-refractivity contribution in [3.8, 4) is 0 Å². The Morgan fingerprint density at radius 3 is 2.40 bits per heavy atom. The van der Waals surface area contributed by atoms with E-state index in [0.29, 0.717) is 32.0 Å². The third-order valence-corrected chi connectivity index (χ3v) is 3.36. The maximum absolute atomic E-state index is 11.6. The fourth-order valence-corrected chi connectivity index (χ4v) is 2.35. The molecule has 0 aromatic carbocycles. The van der Waals surface area contributed by atoms with Gasteiger partial charge in [-0.15, -0.1) is 0 Å². The van der Waals surface area contributed by atoms with Crippen molar-refractivity contribution in [3.63, 3.8) is 0 Å². The van der Waals surface area contributed by atoms with Crippen LogP contribution < -0.4 is 0 Å². The fourth-order valence-electron chi connectivity index (χ4n) is 1.14. The highest BCUT2D eigenvalue weighted by molar-refractivity contribution is 7.86. The summed E-state index contributed by atoms with van der Waals surface area (Å²) in [5.41, 5.74) is -0.165. The molecule has 0 saturated carbocycles. The summed E-state index contributed by atoms with van der Waals surface area (Å²) in [5, 5.41) is 3.73. The van der Waals surface area contributed by atoms with E-state index in [2.05, 4.69) is 5.16 Å². The van der Waals surface area contributed by atoms with E-state index < -0.39 is 10.1 Å². The highest BCUT2D eigenvalue weighted by Crippen LogP contribution is 2.15.